The molecule has 0 spiro atoms. The summed E-state index contributed by atoms with van der Waals surface area (Å²) >= 11 is 3.06. The lowest BCUT2D eigenvalue weighted by Gasteiger charge is -2.05. The number of nitrogens with zero attached hydrogens (tertiary/aromatic N) is 3. The van der Waals surface area contributed by atoms with Crippen molar-refractivity contribution in [3.63, 3.8) is 0 Å². The first-order valence-corrected chi connectivity index (χ1v) is 8.73. The molecule has 1 aromatic heterocycles. The first kappa shape index (κ1) is 18.0. The van der Waals surface area contributed by atoms with Crippen molar-refractivity contribution in [1.82, 2.24) is 9.78 Å². The Morgan fingerprint density at radius 2 is 2.00 bits per heavy atom. The average Bonchev–Trinajstić information content (AvgIpc) is 2.75. The lowest BCUT2D eigenvalue weighted by Crippen LogP contribution is -2.20. The van der Waals surface area contributed by atoms with Crippen LogP contribution in [0.4, 0.5) is 11.5 Å². The first-order chi connectivity index (χ1) is 11.1. The summed E-state index contributed by atoms with van der Waals surface area (Å²) in [5.41, 5.74) is 0.784. The van der Waals surface area contributed by atoms with Gasteiger partial charge in [-0.15, -0.1) is 0 Å². The maximum atomic E-state index is 12.0. The molecule has 1 heterocycles. The molecule has 0 radical (unpaired) electrons. The second-order valence-electron chi connectivity index (χ2n) is 4.76. The summed E-state index contributed by atoms with van der Waals surface area (Å²) in [7, 11) is -3.81. The van der Waals surface area contributed by atoms with Crippen molar-refractivity contribution in [2.75, 3.05) is 5.32 Å². The molecule has 0 unspecified atom stereocenters. The number of rotatable bonds is 5. The maximum Gasteiger partial charge on any atom is 0.404 e. The molecule has 0 aliphatic rings. The number of nitrogens with one attached hydrogen (secondary N) is 1. The number of anilines is 1. The second kappa shape index (κ2) is 6.67. The van der Waals surface area contributed by atoms with Gasteiger partial charge in [-0.25, -0.2) is 13.6 Å². The van der Waals surface area contributed by atoms with Crippen LogP contribution in [0.5, 0.6) is 0 Å². The SMILES string of the molecule is Cc1c(Br)c([N+](=O)[O-])nn1CC(=O)Nc1ccc(S(N)(=O)=O)cc1. The van der Waals surface area contributed by atoms with Crippen LogP contribution in [0.2, 0.25) is 0 Å². The number of benzene rings is 1. The smallest absolute Gasteiger partial charge is 0.358 e. The zero-order valence-corrected chi connectivity index (χ0v) is 14.7. The van der Waals surface area contributed by atoms with E-state index in [-0.39, 0.29) is 21.7 Å². The minimum atomic E-state index is -3.81. The van der Waals surface area contributed by atoms with E-state index in [4.69, 9.17) is 5.14 Å². The Hall–Kier alpha value is -2.31. The molecular weight excluding hydrogens is 406 g/mol. The van der Waals surface area contributed by atoms with E-state index in [1.165, 1.54) is 28.9 Å². The Kier molecular flexibility index (Phi) is 5.01. The highest BCUT2D eigenvalue weighted by Crippen LogP contribution is 2.26. The fraction of sp³-hybridized carbons (Fsp3) is 0.167. The summed E-state index contributed by atoms with van der Waals surface area (Å²) in [4.78, 5) is 22.1. The zero-order valence-electron chi connectivity index (χ0n) is 12.3. The highest BCUT2D eigenvalue weighted by molar-refractivity contribution is 9.10. The summed E-state index contributed by atoms with van der Waals surface area (Å²) in [5, 5.41) is 22.1. The number of halogens is 1. The number of hydrogen-bond donors (Lipinski definition) is 2. The Bertz CT molecular complexity index is 907. The van der Waals surface area contributed by atoms with Crippen molar-refractivity contribution in [3.05, 3.63) is 44.5 Å². The van der Waals surface area contributed by atoms with Gasteiger partial charge in [-0.1, -0.05) is 0 Å². The molecule has 0 bridgehead atoms. The molecule has 0 saturated carbocycles. The third-order valence-corrected chi connectivity index (χ3v) is 4.91. The molecule has 3 N–H and O–H groups in total. The van der Waals surface area contributed by atoms with Gasteiger partial charge in [0.1, 0.15) is 11.0 Å². The van der Waals surface area contributed by atoms with E-state index in [9.17, 15) is 23.3 Å². The van der Waals surface area contributed by atoms with Gasteiger partial charge in [0.15, 0.2) is 0 Å². The Morgan fingerprint density at radius 3 is 2.46 bits per heavy atom. The fourth-order valence-electron chi connectivity index (χ4n) is 1.84. The molecule has 128 valence electrons. The average molecular weight is 418 g/mol. The monoisotopic (exact) mass is 417 g/mol. The van der Waals surface area contributed by atoms with Gasteiger partial charge in [-0.05, 0) is 52.0 Å². The van der Waals surface area contributed by atoms with Crippen LogP contribution < -0.4 is 10.5 Å². The zero-order chi connectivity index (χ0) is 18.1. The van der Waals surface area contributed by atoms with Crippen molar-refractivity contribution in [1.29, 1.82) is 0 Å². The maximum absolute atomic E-state index is 12.0. The number of primary sulfonamides is 1. The van der Waals surface area contributed by atoms with Crippen LogP contribution in [0.15, 0.2) is 33.6 Å². The molecule has 0 fully saturated rings. The molecule has 2 rings (SSSR count). The van der Waals surface area contributed by atoms with Crippen molar-refractivity contribution < 1.29 is 18.1 Å². The second-order valence-corrected chi connectivity index (χ2v) is 7.11. The summed E-state index contributed by atoms with van der Waals surface area (Å²) in [5.74, 6) is -0.857. The Morgan fingerprint density at radius 1 is 1.42 bits per heavy atom. The first-order valence-electron chi connectivity index (χ1n) is 6.39. The number of nitro groups is 1. The van der Waals surface area contributed by atoms with E-state index in [2.05, 4.69) is 26.3 Å². The molecule has 1 amide bonds. The summed E-state index contributed by atoms with van der Waals surface area (Å²) in [6.45, 7) is 1.34. The molecule has 10 nitrogen and oxygen atoms in total. The predicted octanol–water partition coefficient (Wildman–Crippen LogP) is 1.15. The Labute approximate surface area is 145 Å². The van der Waals surface area contributed by atoms with E-state index in [1.807, 2.05) is 0 Å². The highest BCUT2D eigenvalue weighted by Gasteiger charge is 2.24. The van der Waals surface area contributed by atoms with Gasteiger partial charge in [0.2, 0.25) is 15.9 Å². The van der Waals surface area contributed by atoms with Crippen LogP contribution in [0.25, 0.3) is 0 Å². The fourth-order valence-corrected chi connectivity index (χ4v) is 2.79. The number of amides is 1. The van der Waals surface area contributed by atoms with Gasteiger partial charge in [-0.3, -0.25) is 4.79 Å². The van der Waals surface area contributed by atoms with E-state index < -0.39 is 20.9 Å². The molecule has 0 aliphatic carbocycles. The normalized spacial score (nSPS) is 11.3. The van der Waals surface area contributed by atoms with Crippen LogP contribution in [0.3, 0.4) is 0 Å². The van der Waals surface area contributed by atoms with Crippen LogP contribution >= 0.6 is 15.9 Å². The molecule has 12 heteroatoms. The number of hydrogen-bond acceptors (Lipinski definition) is 6. The number of carbonyl (C=O) groups excluding carboxylic acids is 1. The standard InChI is InChI=1S/C12H12BrN5O5S/c1-7-11(13)12(18(20)21)16-17(7)6-10(19)15-8-2-4-9(5-3-8)24(14,22)23/h2-5H,6H2,1H3,(H,15,19)(H2,14,22,23). The number of nitrogens with two attached hydrogens (primary N) is 1. The van der Waals surface area contributed by atoms with Crippen molar-refractivity contribution in [2.45, 2.75) is 18.4 Å². The topological polar surface area (TPSA) is 150 Å². The molecule has 2 aromatic rings. The predicted molar refractivity (Wildman–Crippen MR) is 87.8 cm³/mol. The number of carbonyl (C=O) groups is 1. The third kappa shape index (κ3) is 3.96. The minimum Gasteiger partial charge on any atom is -0.358 e. The largest absolute Gasteiger partial charge is 0.404 e. The van der Waals surface area contributed by atoms with Crippen LogP contribution in [0, 0.1) is 17.0 Å². The number of sulfonamides is 1. The van der Waals surface area contributed by atoms with Crippen molar-refractivity contribution in [2.24, 2.45) is 5.14 Å². The van der Waals surface area contributed by atoms with Crippen LogP contribution in [-0.4, -0.2) is 29.0 Å². The highest BCUT2D eigenvalue weighted by atomic mass is 79.9. The molecule has 0 aliphatic heterocycles. The summed E-state index contributed by atoms with van der Waals surface area (Å²) in [6.07, 6.45) is 0. The summed E-state index contributed by atoms with van der Waals surface area (Å²) in [6, 6.07) is 5.27. The third-order valence-electron chi connectivity index (χ3n) is 3.05. The van der Waals surface area contributed by atoms with E-state index in [0.717, 1.165) is 0 Å². The minimum absolute atomic E-state index is 0.0806. The van der Waals surface area contributed by atoms with Crippen molar-refractivity contribution in [3.8, 4) is 0 Å². The molecular formula is C12H12BrN5O5S. The van der Waals surface area contributed by atoms with E-state index in [0.29, 0.717) is 11.4 Å². The molecule has 0 saturated heterocycles. The van der Waals surface area contributed by atoms with Gasteiger partial charge in [-0.2, -0.15) is 4.68 Å². The van der Waals surface area contributed by atoms with Gasteiger partial charge < -0.3 is 15.4 Å². The number of aromatic nitrogens is 2. The van der Waals surface area contributed by atoms with Crippen molar-refractivity contribution >= 4 is 43.4 Å². The van der Waals surface area contributed by atoms with Crippen LogP contribution in [0.1, 0.15) is 5.69 Å². The van der Waals surface area contributed by atoms with E-state index in [1.54, 1.807) is 6.92 Å². The van der Waals surface area contributed by atoms with Gasteiger partial charge in [0, 0.05) is 5.69 Å². The lowest BCUT2D eigenvalue weighted by molar-refractivity contribution is -0.390. The van der Waals surface area contributed by atoms with Gasteiger partial charge in [0.05, 0.1) is 15.7 Å². The quantitative estimate of drug-likeness (QED) is 0.549. The molecule has 0 atom stereocenters. The van der Waals surface area contributed by atoms with Crippen LogP contribution in [-0.2, 0) is 21.4 Å². The van der Waals surface area contributed by atoms with Gasteiger partial charge in [0.25, 0.3) is 0 Å². The lowest BCUT2D eigenvalue weighted by atomic mass is 10.3. The Balaban J connectivity index is 2.11. The summed E-state index contributed by atoms with van der Waals surface area (Å²) < 4.78 is 23.7. The molecule has 1 aromatic carbocycles. The van der Waals surface area contributed by atoms with Gasteiger partial charge >= 0.3 is 5.82 Å². The van der Waals surface area contributed by atoms with E-state index >= 15 is 0 Å². The molecule has 24 heavy (non-hydrogen) atoms.